The van der Waals surface area contributed by atoms with Gasteiger partial charge in [-0.25, -0.2) is 4.79 Å². The highest BCUT2D eigenvalue weighted by Crippen LogP contribution is 2.21. The summed E-state index contributed by atoms with van der Waals surface area (Å²) in [5, 5.41) is 10.9. The predicted molar refractivity (Wildman–Crippen MR) is 81.2 cm³/mol. The Labute approximate surface area is 128 Å². The lowest BCUT2D eigenvalue weighted by Crippen LogP contribution is -2.26. The Morgan fingerprint density at radius 1 is 1.30 bits per heavy atom. The monoisotopic (exact) mass is 353 g/mol. The van der Waals surface area contributed by atoms with E-state index in [1.807, 2.05) is 11.4 Å². The lowest BCUT2D eigenvalue weighted by atomic mass is 10.1. The van der Waals surface area contributed by atoms with Crippen molar-refractivity contribution in [1.82, 2.24) is 4.90 Å². The van der Waals surface area contributed by atoms with E-state index in [-0.39, 0.29) is 11.5 Å². The van der Waals surface area contributed by atoms with Gasteiger partial charge in [0.15, 0.2) is 0 Å². The maximum atomic E-state index is 12.3. The number of carboxylic acids is 1. The first-order valence-electron chi connectivity index (χ1n) is 5.79. The van der Waals surface area contributed by atoms with Crippen LogP contribution in [-0.4, -0.2) is 28.9 Å². The van der Waals surface area contributed by atoms with E-state index in [0.29, 0.717) is 12.1 Å². The van der Waals surface area contributed by atoms with Gasteiger partial charge in [0.2, 0.25) is 0 Å². The summed E-state index contributed by atoms with van der Waals surface area (Å²) in [6.45, 7) is 0.492. The van der Waals surface area contributed by atoms with Crippen LogP contribution in [0.4, 0.5) is 0 Å². The SMILES string of the molecule is CN(Cc1cc(Br)cs1)C(=O)c1cccc(C(=O)O)c1. The van der Waals surface area contributed by atoms with Crippen LogP contribution in [0.3, 0.4) is 0 Å². The summed E-state index contributed by atoms with van der Waals surface area (Å²) in [6, 6.07) is 8.02. The summed E-state index contributed by atoms with van der Waals surface area (Å²) < 4.78 is 0.992. The topological polar surface area (TPSA) is 57.6 Å². The van der Waals surface area contributed by atoms with Gasteiger partial charge in [-0.3, -0.25) is 4.79 Å². The van der Waals surface area contributed by atoms with E-state index in [1.54, 1.807) is 35.4 Å². The molecule has 20 heavy (non-hydrogen) atoms. The van der Waals surface area contributed by atoms with Crippen LogP contribution >= 0.6 is 27.3 Å². The molecule has 4 nitrogen and oxygen atoms in total. The van der Waals surface area contributed by atoms with E-state index in [4.69, 9.17) is 5.11 Å². The number of aromatic carboxylic acids is 1. The molecule has 1 aromatic carbocycles. The first-order chi connectivity index (χ1) is 9.47. The van der Waals surface area contributed by atoms with E-state index >= 15 is 0 Å². The number of thiophene rings is 1. The van der Waals surface area contributed by atoms with Gasteiger partial charge in [0.05, 0.1) is 12.1 Å². The second-order valence-corrected chi connectivity index (χ2v) is 6.19. The fourth-order valence-electron chi connectivity index (χ4n) is 1.75. The number of hydrogen-bond acceptors (Lipinski definition) is 3. The molecule has 0 aliphatic carbocycles. The molecule has 2 aromatic rings. The van der Waals surface area contributed by atoms with E-state index in [9.17, 15) is 9.59 Å². The van der Waals surface area contributed by atoms with Gasteiger partial charge in [-0.1, -0.05) is 6.07 Å². The standard InChI is InChI=1S/C14H12BrNO3S/c1-16(7-12-6-11(15)8-20-12)13(17)9-3-2-4-10(5-9)14(18)19/h2-6,8H,7H2,1H3,(H,18,19). The van der Waals surface area contributed by atoms with Gasteiger partial charge >= 0.3 is 5.97 Å². The Hall–Kier alpha value is -1.66. The molecular formula is C14H12BrNO3S. The van der Waals surface area contributed by atoms with Crippen LogP contribution in [0.5, 0.6) is 0 Å². The number of halogens is 1. The molecule has 0 saturated heterocycles. The molecular weight excluding hydrogens is 342 g/mol. The third-order valence-corrected chi connectivity index (χ3v) is 4.40. The van der Waals surface area contributed by atoms with Crippen molar-refractivity contribution in [2.75, 3.05) is 7.05 Å². The van der Waals surface area contributed by atoms with Gasteiger partial charge in [0.25, 0.3) is 5.91 Å². The van der Waals surface area contributed by atoms with Crippen LogP contribution in [0, 0.1) is 0 Å². The molecule has 1 N–H and O–H groups in total. The highest BCUT2D eigenvalue weighted by Gasteiger charge is 2.14. The van der Waals surface area contributed by atoms with Crippen molar-refractivity contribution < 1.29 is 14.7 Å². The minimum Gasteiger partial charge on any atom is -0.478 e. The lowest BCUT2D eigenvalue weighted by molar-refractivity contribution is 0.0697. The number of nitrogens with zero attached hydrogens (tertiary/aromatic N) is 1. The van der Waals surface area contributed by atoms with Crippen molar-refractivity contribution in [3.63, 3.8) is 0 Å². The Balaban J connectivity index is 2.14. The van der Waals surface area contributed by atoms with Crippen LogP contribution < -0.4 is 0 Å². The summed E-state index contributed by atoms with van der Waals surface area (Å²) in [5.74, 6) is -1.23. The number of carboxylic acid groups (broad SMARTS) is 1. The Kier molecular flexibility index (Phi) is 4.57. The maximum Gasteiger partial charge on any atom is 0.335 e. The molecule has 0 fully saturated rings. The molecule has 1 amide bonds. The molecule has 0 bridgehead atoms. The minimum absolute atomic E-state index is 0.114. The number of carbonyl (C=O) groups is 2. The van der Waals surface area contributed by atoms with Crippen molar-refractivity contribution in [3.05, 3.63) is 56.2 Å². The molecule has 6 heteroatoms. The fraction of sp³-hybridized carbons (Fsp3) is 0.143. The van der Waals surface area contributed by atoms with Crippen molar-refractivity contribution in [3.8, 4) is 0 Å². The zero-order valence-corrected chi connectivity index (χ0v) is 13.1. The highest BCUT2D eigenvalue weighted by atomic mass is 79.9. The van der Waals surface area contributed by atoms with E-state index in [1.165, 1.54) is 12.1 Å². The van der Waals surface area contributed by atoms with Gasteiger partial charge in [0.1, 0.15) is 0 Å². The normalized spacial score (nSPS) is 10.3. The van der Waals surface area contributed by atoms with Crippen molar-refractivity contribution in [2.45, 2.75) is 6.54 Å². The Bertz CT molecular complexity index is 653. The number of hydrogen-bond donors (Lipinski definition) is 1. The molecule has 0 aliphatic heterocycles. The largest absolute Gasteiger partial charge is 0.478 e. The van der Waals surface area contributed by atoms with E-state index < -0.39 is 5.97 Å². The van der Waals surface area contributed by atoms with Crippen LogP contribution in [0.25, 0.3) is 0 Å². The second kappa shape index (κ2) is 6.19. The molecule has 0 saturated carbocycles. The summed E-state index contributed by atoms with van der Waals surface area (Å²) in [7, 11) is 1.70. The number of benzene rings is 1. The van der Waals surface area contributed by atoms with Gasteiger partial charge < -0.3 is 10.0 Å². The highest BCUT2D eigenvalue weighted by molar-refractivity contribution is 9.10. The average molecular weight is 354 g/mol. The molecule has 0 atom stereocenters. The van der Waals surface area contributed by atoms with Gasteiger partial charge in [-0.05, 0) is 40.2 Å². The number of amides is 1. The van der Waals surface area contributed by atoms with E-state index in [2.05, 4.69) is 15.9 Å². The smallest absolute Gasteiger partial charge is 0.335 e. The van der Waals surface area contributed by atoms with Gasteiger partial charge in [-0.2, -0.15) is 0 Å². The Morgan fingerprint density at radius 3 is 2.60 bits per heavy atom. The predicted octanol–water partition coefficient (Wildman–Crippen LogP) is 3.48. The van der Waals surface area contributed by atoms with E-state index in [0.717, 1.165) is 9.35 Å². The molecule has 1 heterocycles. The molecule has 0 radical (unpaired) electrons. The lowest BCUT2D eigenvalue weighted by Gasteiger charge is -2.16. The third kappa shape index (κ3) is 3.46. The number of rotatable bonds is 4. The number of carbonyl (C=O) groups excluding carboxylic acids is 1. The van der Waals surface area contributed by atoms with Crippen LogP contribution in [0.2, 0.25) is 0 Å². The van der Waals surface area contributed by atoms with Crippen molar-refractivity contribution in [1.29, 1.82) is 0 Å². The summed E-state index contributed by atoms with van der Waals surface area (Å²) in [5.41, 5.74) is 0.492. The summed E-state index contributed by atoms with van der Waals surface area (Å²) in [4.78, 5) is 25.8. The van der Waals surface area contributed by atoms with Crippen LogP contribution in [0.1, 0.15) is 25.6 Å². The minimum atomic E-state index is -1.04. The first kappa shape index (κ1) is 14.7. The molecule has 0 unspecified atom stereocenters. The van der Waals surface area contributed by atoms with Crippen LogP contribution in [0.15, 0.2) is 40.2 Å². The van der Waals surface area contributed by atoms with Gasteiger partial charge in [0, 0.05) is 27.3 Å². The molecule has 2 rings (SSSR count). The summed E-state index contributed by atoms with van der Waals surface area (Å²) in [6.07, 6.45) is 0. The van der Waals surface area contributed by atoms with Gasteiger partial charge in [-0.15, -0.1) is 11.3 Å². The zero-order valence-electron chi connectivity index (χ0n) is 10.7. The van der Waals surface area contributed by atoms with Crippen molar-refractivity contribution >= 4 is 39.1 Å². The molecule has 0 aliphatic rings. The third-order valence-electron chi connectivity index (χ3n) is 2.72. The van der Waals surface area contributed by atoms with Crippen LogP contribution in [-0.2, 0) is 6.54 Å². The average Bonchev–Trinajstić information content (AvgIpc) is 2.83. The zero-order chi connectivity index (χ0) is 14.7. The Morgan fingerprint density at radius 2 is 2.00 bits per heavy atom. The molecule has 0 spiro atoms. The summed E-state index contributed by atoms with van der Waals surface area (Å²) >= 11 is 4.93. The first-order valence-corrected chi connectivity index (χ1v) is 7.46. The molecule has 104 valence electrons. The van der Waals surface area contributed by atoms with Crippen molar-refractivity contribution in [2.24, 2.45) is 0 Å². The second-order valence-electron chi connectivity index (χ2n) is 4.28. The maximum absolute atomic E-state index is 12.3. The molecule has 1 aromatic heterocycles. The fourth-order valence-corrected chi connectivity index (χ4v) is 3.25. The quantitative estimate of drug-likeness (QED) is 0.915.